The Labute approximate surface area is 400 Å². The summed E-state index contributed by atoms with van der Waals surface area (Å²) in [6.45, 7) is 0. The molecule has 6 heteroatoms. The maximum absolute atomic E-state index is 6.74. The predicted octanol–water partition coefficient (Wildman–Crippen LogP) is 17.1. The van der Waals surface area contributed by atoms with Crippen molar-refractivity contribution in [3.8, 4) is 56.4 Å². The molecule has 0 saturated carbocycles. The number of hydrogen-bond acceptors (Lipinski definition) is 4. The first-order valence-electron chi connectivity index (χ1n) is 23.6. The van der Waals surface area contributed by atoms with Crippen molar-refractivity contribution in [1.82, 2.24) is 19.1 Å². The third kappa shape index (κ3) is 5.74. The molecular formula is C64H38N4O2. The normalized spacial score (nSPS) is 12.0. The second-order valence-corrected chi connectivity index (χ2v) is 18.1. The second kappa shape index (κ2) is 15.0. The Hall–Kier alpha value is -9.52. The van der Waals surface area contributed by atoms with Crippen molar-refractivity contribution in [3.63, 3.8) is 0 Å². The third-order valence-corrected chi connectivity index (χ3v) is 14.1. The molecule has 5 heterocycles. The van der Waals surface area contributed by atoms with Crippen molar-refractivity contribution in [3.05, 3.63) is 231 Å². The van der Waals surface area contributed by atoms with Crippen molar-refractivity contribution in [2.75, 3.05) is 0 Å². The fourth-order valence-corrected chi connectivity index (χ4v) is 11.0. The van der Waals surface area contributed by atoms with Crippen LogP contribution in [0.3, 0.4) is 0 Å². The van der Waals surface area contributed by atoms with Crippen molar-refractivity contribution in [2.24, 2.45) is 0 Å². The molecule has 0 unspecified atom stereocenters. The molecule has 0 N–H and O–H groups in total. The zero-order chi connectivity index (χ0) is 45.9. The molecule has 70 heavy (non-hydrogen) atoms. The van der Waals surface area contributed by atoms with E-state index in [9.17, 15) is 0 Å². The average Bonchev–Trinajstić information content (AvgIpc) is 4.19. The standard InChI is InChI=1S/C64H38N4O2/c1-3-16-39(17-4-1)51-38-52(66-64(65-51)40-18-5-2-6-19-40)42-30-33-55(68-54-27-12-8-25-49(54)61-57(68)35-32-47-45-23-10-14-29-59(45)70-63(47)61)50(37-42)41-20-15-21-43(36-41)67-53-26-11-7-24-48(53)60-56(67)34-31-46-44-22-9-13-28-58(44)69-62(46)60/h1-38H. The van der Waals surface area contributed by atoms with E-state index in [0.29, 0.717) is 5.82 Å². The minimum Gasteiger partial charge on any atom is -0.455 e. The van der Waals surface area contributed by atoms with Gasteiger partial charge in [-0.1, -0.05) is 152 Å². The Bertz CT molecular complexity index is 4540. The van der Waals surface area contributed by atoms with Crippen LogP contribution in [0.2, 0.25) is 0 Å². The van der Waals surface area contributed by atoms with Crippen molar-refractivity contribution < 1.29 is 8.83 Å². The molecule has 15 rings (SSSR count). The van der Waals surface area contributed by atoms with Crippen LogP contribution in [0.15, 0.2) is 239 Å². The lowest BCUT2D eigenvalue weighted by Crippen LogP contribution is -2.00. The van der Waals surface area contributed by atoms with Gasteiger partial charge in [-0.2, -0.15) is 0 Å². The first-order chi connectivity index (χ1) is 34.7. The molecule has 0 aliphatic heterocycles. The van der Waals surface area contributed by atoms with Gasteiger partial charge in [-0.3, -0.25) is 0 Å². The summed E-state index contributed by atoms with van der Waals surface area (Å²) in [6.07, 6.45) is 0. The molecule has 0 radical (unpaired) electrons. The lowest BCUT2D eigenvalue weighted by Gasteiger charge is -2.18. The van der Waals surface area contributed by atoms with E-state index >= 15 is 0 Å². The Balaban J connectivity index is 1.00. The molecule has 6 nitrogen and oxygen atoms in total. The van der Waals surface area contributed by atoms with Gasteiger partial charge in [0.1, 0.15) is 22.3 Å². The topological polar surface area (TPSA) is 61.9 Å². The van der Waals surface area contributed by atoms with E-state index in [1.807, 2.05) is 36.4 Å². The molecule has 10 aromatic carbocycles. The number of nitrogens with zero attached hydrogens (tertiary/aromatic N) is 4. The van der Waals surface area contributed by atoms with E-state index in [1.54, 1.807) is 0 Å². The Morgan fingerprint density at radius 2 is 0.829 bits per heavy atom. The minimum absolute atomic E-state index is 0.673. The van der Waals surface area contributed by atoms with Crippen LogP contribution in [0.1, 0.15) is 0 Å². The highest BCUT2D eigenvalue weighted by molar-refractivity contribution is 6.25. The number of hydrogen-bond donors (Lipinski definition) is 0. The SMILES string of the molecule is c1ccc(-c2cc(-c3ccc(-n4c5ccccc5c5c6oc7ccccc7c6ccc54)c(-c4cccc(-n5c6ccccc6c6c7oc8ccccc8c7ccc65)c4)c3)nc(-c3ccccc3)n2)cc1. The Kier molecular flexibility index (Phi) is 8.26. The van der Waals surface area contributed by atoms with Crippen LogP contribution in [0.5, 0.6) is 0 Å². The summed E-state index contributed by atoms with van der Waals surface area (Å²) in [4.78, 5) is 10.4. The van der Waals surface area contributed by atoms with Gasteiger partial charge in [0.25, 0.3) is 0 Å². The Morgan fingerprint density at radius 1 is 0.314 bits per heavy atom. The van der Waals surface area contributed by atoms with Crippen LogP contribution in [0.4, 0.5) is 0 Å². The van der Waals surface area contributed by atoms with Gasteiger partial charge < -0.3 is 18.0 Å². The maximum Gasteiger partial charge on any atom is 0.160 e. The molecule has 15 aromatic rings. The molecule has 0 spiro atoms. The van der Waals surface area contributed by atoms with Crippen LogP contribution in [-0.2, 0) is 0 Å². The number of para-hydroxylation sites is 4. The second-order valence-electron chi connectivity index (χ2n) is 18.1. The summed E-state index contributed by atoms with van der Waals surface area (Å²) < 4.78 is 18.2. The number of fused-ring (bicyclic) bond motifs is 14. The molecule has 0 fully saturated rings. The largest absolute Gasteiger partial charge is 0.455 e. The predicted molar refractivity (Wildman–Crippen MR) is 287 cm³/mol. The van der Waals surface area contributed by atoms with Gasteiger partial charge in [-0.15, -0.1) is 0 Å². The van der Waals surface area contributed by atoms with E-state index in [0.717, 1.165) is 138 Å². The van der Waals surface area contributed by atoms with Crippen LogP contribution in [0.25, 0.3) is 144 Å². The summed E-state index contributed by atoms with van der Waals surface area (Å²) in [5, 5.41) is 8.91. The highest BCUT2D eigenvalue weighted by Gasteiger charge is 2.23. The number of rotatable bonds is 6. The molecular weight excluding hydrogens is 857 g/mol. The summed E-state index contributed by atoms with van der Waals surface area (Å²) in [5.41, 5.74) is 16.7. The summed E-state index contributed by atoms with van der Waals surface area (Å²) in [7, 11) is 0. The fraction of sp³-hybridized carbons (Fsp3) is 0. The maximum atomic E-state index is 6.74. The molecule has 0 bridgehead atoms. The van der Waals surface area contributed by atoms with E-state index in [2.05, 4.69) is 203 Å². The summed E-state index contributed by atoms with van der Waals surface area (Å²) >= 11 is 0. The summed E-state index contributed by atoms with van der Waals surface area (Å²) in [6, 6.07) is 81.3. The Morgan fingerprint density at radius 3 is 1.47 bits per heavy atom. The quantitative estimate of drug-likeness (QED) is 0.167. The van der Waals surface area contributed by atoms with Crippen LogP contribution in [-0.4, -0.2) is 19.1 Å². The van der Waals surface area contributed by atoms with Gasteiger partial charge in [0.15, 0.2) is 5.82 Å². The van der Waals surface area contributed by atoms with E-state index in [4.69, 9.17) is 18.8 Å². The van der Waals surface area contributed by atoms with E-state index in [1.165, 1.54) is 0 Å². The molecule has 0 saturated heterocycles. The fourth-order valence-electron chi connectivity index (χ4n) is 11.0. The molecule has 0 aliphatic rings. The van der Waals surface area contributed by atoms with Crippen LogP contribution in [0, 0.1) is 0 Å². The number of aromatic nitrogens is 4. The zero-order valence-corrected chi connectivity index (χ0v) is 37.5. The first-order valence-corrected chi connectivity index (χ1v) is 23.6. The van der Waals surface area contributed by atoms with Gasteiger partial charge in [-0.05, 0) is 84.4 Å². The van der Waals surface area contributed by atoms with Crippen molar-refractivity contribution in [2.45, 2.75) is 0 Å². The van der Waals surface area contributed by atoms with Gasteiger partial charge in [0, 0.05) is 60.3 Å². The van der Waals surface area contributed by atoms with Gasteiger partial charge >= 0.3 is 0 Å². The molecule has 5 aromatic heterocycles. The molecule has 326 valence electrons. The first kappa shape index (κ1) is 38.6. The molecule has 0 aliphatic carbocycles. The lowest BCUT2D eigenvalue weighted by molar-refractivity contribution is 0.672. The summed E-state index contributed by atoms with van der Waals surface area (Å²) in [5.74, 6) is 0.673. The van der Waals surface area contributed by atoms with Gasteiger partial charge in [-0.25, -0.2) is 9.97 Å². The highest BCUT2D eigenvalue weighted by Crippen LogP contribution is 2.45. The molecule has 0 atom stereocenters. The molecule has 0 amide bonds. The minimum atomic E-state index is 0.673. The zero-order valence-electron chi connectivity index (χ0n) is 37.5. The lowest BCUT2D eigenvalue weighted by atomic mass is 9.97. The third-order valence-electron chi connectivity index (χ3n) is 14.1. The highest BCUT2D eigenvalue weighted by atomic mass is 16.3. The van der Waals surface area contributed by atoms with Gasteiger partial charge in [0.2, 0.25) is 0 Å². The number of furan rings is 2. The number of benzene rings is 10. The van der Waals surface area contributed by atoms with Crippen molar-refractivity contribution in [1.29, 1.82) is 0 Å². The van der Waals surface area contributed by atoms with Crippen LogP contribution < -0.4 is 0 Å². The van der Waals surface area contributed by atoms with Gasteiger partial charge in [0.05, 0.1) is 49.9 Å². The van der Waals surface area contributed by atoms with E-state index < -0.39 is 0 Å². The smallest absolute Gasteiger partial charge is 0.160 e. The average molecular weight is 895 g/mol. The van der Waals surface area contributed by atoms with Crippen molar-refractivity contribution >= 4 is 87.5 Å². The monoisotopic (exact) mass is 894 g/mol. The van der Waals surface area contributed by atoms with Crippen LogP contribution >= 0.6 is 0 Å². The van der Waals surface area contributed by atoms with E-state index in [-0.39, 0.29) is 0 Å².